The number of rotatable bonds is 7. The number of alkyl halides is 3. The molecule has 1 aromatic carbocycles. The SMILES string of the molecule is COc1cc(-c2[c-]cc(OC)nc2OC)nc(C(C)(C)c2nn(-c3[c-]cccc3)cc2C(F)(F)F)c1.[Pt+2]. The second-order valence-electron chi connectivity index (χ2n) is 8.31. The Morgan fingerprint density at radius 2 is 1.70 bits per heavy atom. The fourth-order valence-electron chi connectivity index (χ4n) is 3.71. The molecule has 0 saturated heterocycles. The van der Waals surface area contributed by atoms with Crippen LogP contribution in [-0.2, 0) is 32.7 Å². The van der Waals surface area contributed by atoms with E-state index >= 15 is 0 Å². The third-order valence-electron chi connectivity index (χ3n) is 5.65. The topological polar surface area (TPSA) is 71.3 Å². The fraction of sp³-hybridized carbons (Fsp3) is 0.269. The van der Waals surface area contributed by atoms with Gasteiger partial charge < -0.3 is 14.2 Å². The number of hydrogen-bond acceptors (Lipinski definition) is 6. The Labute approximate surface area is 226 Å². The summed E-state index contributed by atoms with van der Waals surface area (Å²) in [6.45, 7) is 3.25. The minimum atomic E-state index is -4.64. The standard InChI is InChI=1S/C26H23F3N4O3.Pt/c1-25(2,23-19(26(27,28)29)15-33(32-23)16-9-7-6-8-10-16)21-14-17(34-3)13-20(30-21)18-11-12-22(35-4)31-24(18)36-5;/h6-9,12-15H,1-5H3;/q-2;+2. The molecular formula is C26H23F3N4O3Pt. The number of nitrogens with zero attached hydrogens (tertiary/aromatic N) is 4. The van der Waals surface area contributed by atoms with Crippen molar-refractivity contribution in [3.63, 3.8) is 0 Å². The van der Waals surface area contributed by atoms with E-state index in [-0.39, 0.29) is 38.5 Å². The number of para-hydroxylation sites is 1. The van der Waals surface area contributed by atoms with E-state index in [1.165, 1.54) is 32.1 Å². The van der Waals surface area contributed by atoms with Gasteiger partial charge in [-0.3, -0.25) is 14.6 Å². The van der Waals surface area contributed by atoms with Gasteiger partial charge in [0, 0.05) is 18.0 Å². The van der Waals surface area contributed by atoms with E-state index in [0.29, 0.717) is 28.4 Å². The minimum Gasteiger partial charge on any atom is -0.524 e. The van der Waals surface area contributed by atoms with Gasteiger partial charge in [-0.2, -0.15) is 42.5 Å². The summed E-state index contributed by atoms with van der Waals surface area (Å²) in [7, 11) is 4.36. The summed E-state index contributed by atoms with van der Waals surface area (Å²) in [5.41, 5.74) is -0.900. The maximum atomic E-state index is 14.1. The number of aromatic nitrogens is 4. The van der Waals surface area contributed by atoms with Crippen LogP contribution < -0.4 is 14.2 Å². The first-order chi connectivity index (χ1) is 17.1. The molecule has 0 aliphatic rings. The Bertz CT molecular complexity index is 1380. The average Bonchev–Trinajstić information content (AvgIpc) is 3.36. The molecule has 0 unspecified atom stereocenters. The Morgan fingerprint density at radius 1 is 0.946 bits per heavy atom. The molecule has 0 radical (unpaired) electrons. The Morgan fingerprint density at radius 3 is 2.30 bits per heavy atom. The predicted octanol–water partition coefficient (Wildman–Crippen LogP) is 5.30. The van der Waals surface area contributed by atoms with Crippen LogP contribution in [0.15, 0.2) is 48.7 Å². The molecule has 0 aliphatic heterocycles. The first kappa shape index (κ1) is 28.2. The summed E-state index contributed by atoms with van der Waals surface area (Å²) in [5, 5.41) is 4.33. The molecule has 0 saturated carbocycles. The van der Waals surface area contributed by atoms with Crippen molar-refractivity contribution in [1.82, 2.24) is 19.7 Å². The van der Waals surface area contributed by atoms with Gasteiger partial charge in [-0.05, 0) is 31.3 Å². The van der Waals surface area contributed by atoms with E-state index in [1.54, 1.807) is 50.2 Å². The maximum absolute atomic E-state index is 14.1. The van der Waals surface area contributed by atoms with Crippen LogP contribution in [-0.4, -0.2) is 41.1 Å². The molecule has 3 aromatic heterocycles. The molecule has 4 rings (SSSR count). The molecule has 0 N–H and O–H groups in total. The number of halogens is 3. The summed E-state index contributed by atoms with van der Waals surface area (Å²) in [6, 6.07) is 17.3. The Balaban J connectivity index is 0.00000380. The van der Waals surface area contributed by atoms with Crippen LogP contribution in [0.4, 0.5) is 13.2 Å². The van der Waals surface area contributed by atoms with Gasteiger partial charge in [0.2, 0.25) is 0 Å². The number of benzene rings is 1. The molecular weight excluding hydrogens is 668 g/mol. The molecule has 0 atom stereocenters. The van der Waals surface area contributed by atoms with Crippen molar-refractivity contribution in [3.05, 3.63) is 77.7 Å². The second-order valence-corrected chi connectivity index (χ2v) is 8.31. The number of pyridine rings is 2. The zero-order valence-corrected chi connectivity index (χ0v) is 22.9. The van der Waals surface area contributed by atoms with Crippen LogP contribution in [0.2, 0.25) is 0 Å². The van der Waals surface area contributed by atoms with Gasteiger partial charge in [-0.1, -0.05) is 11.6 Å². The molecule has 37 heavy (non-hydrogen) atoms. The molecule has 7 nitrogen and oxygen atoms in total. The van der Waals surface area contributed by atoms with Crippen molar-refractivity contribution in [3.8, 4) is 34.5 Å². The summed E-state index contributed by atoms with van der Waals surface area (Å²) in [5.74, 6) is 0.870. The molecule has 0 fully saturated rings. The van der Waals surface area contributed by atoms with Crippen molar-refractivity contribution in [2.24, 2.45) is 0 Å². The Hall–Kier alpha value is -3.39. The van der Waals surface area contributed by atoms with Crippen molar-refractivity contribution < 1.29 is 48.4 Å². The predicted molar refractivity (Wildman–Crippen MR) is 125 cm³/mol. The largest absolute Gasteiger partial charge is 2.00 e. The van der Waals surface area contributed by atoms with Gasteiger partial charge in [0.25, 0.3) is 0 Å². The van der Waals surface area contributed by atoms with Gasteiger partial charge in [0.1, 0.15) is 17.5 Å². The van der Waals surface area contributed by atoms with E-state index in [2.05, 4.69) is 27.2 Å². The van der Waals surface area contributed by atoms with Crippen LogP contribution >= 0.6 is 0 Å². The van der Waals surface area contributed by atoms with Crippen molar-refractivity contribution in [2.75, 3.05) is 21.3 Å². The molecule has 0 aliphatic carbocycles. The third-order valence-corrected chi connectivity index (χ3v) is 5.65. The Kier molecular flexibility index (Phi) is 8.32. The molecule has 196 valence electrons. The zero-order chi connectivity index (χ0) is 26.1. The first-order valence-electron chi connectivity index (χ1n) is 10.8. The molecule has 3 heterocycles. The molecule has 0 bridgehead atoms. The van der Waals surface area contributed by atoms with E-state index in [1.807, 2.05) is 0 Å². The van der Waals surface area contributed by atoms with E-state index < -0.39 is 17.2 Å². The van der Waals surface area contributed by atoms with Crippen LogP contribution in [0.3, 0.4) is 0 Å². The maximum Gasteiger partial charge on any atom is 2.00 e. The minimum absolute atomic E-state index is 0. The fourth-order valence-corrected chi connectivity index (χ4v) is 3.71. The zero-order valence-electron chi connectivity index (χ0n) is 20.6. The van der Waals surface area contributed by atoms with Gasteiger partial charge in [0.15, 0.2) is 0 Å². The smallest absolute Gasteiger partial charge is 0.524 e. The summed E-state index contributed by atoms with van der Waals surface area (Å²) in [6.07, 6.45) is -3.67. The van der Waals surface area contributed by atoms with Gasteiger partial charge in [-0.15, -0.1) is 12.1 Å². The average molecular weight is 692 g/mol. The summed E-state index contributed by atoms with van der Waals surface area (Å²) >= 11 is 0. The summed E-state index contributed by atoms with van der Waals surface area (Å²) in [4.78, 5) is 8.92. The summed E-state index contributed by atoms with van der Waals surface area (Å²) < 4.78 is 59.5. The van der Waals surface area contributed by atoms with E-state index in [9.17, 15) is 13.2 Å². The molecule has 0 spiro atoms. The first-order valence-corrected chi connectivity index (χ1v) is 10.8. The molecule has 4 aromatic rings. The van der Waals surface area contributed by atoms with E-state index in [4.69, 9.17) is 14.2 Å². The van der Waals surface area contributed by atoms with Crippen LogP contribution in [0.25, 0.3) is 16.9 Å². The number of methoxy groups -OCH3 is 3. The second kappa shape index (κ2) is 10.9. The normalized spacial score (nSPS) is 11.6. The third kappa shape index (κ3) is 5.64. The van der Waals surface area contributed by atoms with Crippen molar-refractivity contribution in [1.29, 1.82) is 0 Å². The van der Waals surface area contributed by atoms with Crippen molar-refractivity contribution >= 4 is 0 Å². The van der Waals surface area contributed by atoms with Crippen LogP contribution in [0.5, 0.6) is 17.5 Å². The molecule has 0 amide bonds. The number of ether oxygens (including phenoxy) is 3. The monoisotopic (exact) mass is 691 g/mol. The van der Waals surface area contributed by atoms with Crippen LogP contribution in [0.1, 0.15) is 30.8 Å². The molecule has 11 heteroatoms. The van der Waals surface area contributed by atoms with Crippen LogP contribution in [0, 0.1) is 12.1 Å². The van der Waals surface area contributed by atoms with Gasteiger partial charge in [-0.25, -0.2) is 0 Å². The van der Waals surface area contributed by atoms with Gasteiger partial charge >= 0.3 is 27.2 Å². The van der Waals surface area contributed by atoms with Crippen molar-refractivity contribution in [2.45, 2.75) is 25.4 Å². The quantitative estimate of drug-likeness (QED) is 0.245. The van der Waals surface area contributed by atoms with Gasteiger partial charge in [0.05, 0.1) is 38.0 Å². The number of hydrogen-bond donors (Lipinski definition) is 0. The van der Waals surface area contributed by atoms with E-state index in [0.717, 1.165) is 6.20 Å².